The summed E-state index contributed by atoms with van der Waals surface area (Å²) in [7, 11) is 0. The van der Waals surface area contributed by atoms with Crippen molar-refractivity contribution < 1.29 is 9.50 Å². The molecule has 6 rings (SSSR count). The van der Waals surface area contributed by atoms with Crippen LogP contribution in [0.2, 0.25) is 0 Å². The highest BCUT2D eigenvalue weighted by Crippen LogP contribution is 2.54. The maximum absolute atomic E-state index is 13.4. The molecular formula is C30H29FN2O. The van der Waals surface area contributed by atoms with Crippen molar-refractivity contribution in [1.82, 2.24) is 9.78 Å². The van der Waals surface area contributed by atoms with Gasteiger partial charge in [-0.05, 0) is 90.8 Å². The first-order valence-corrected chi connectivity index (χ1v) is 12.2. The molecule has 172 valence electrons. The van der Waals surface area contributed by atoms with Crippen molar-refractivity contribution in [3.8, 4) is 5.69 Å². The van der Waals surface area contributed by atoms with E-state index in [4.69, 9.17) is 0 Å². The van der Waals surface area contributed by atoms with E-state index in [0.717, 1.165) is 55.5 Å². The van der Waals surface area contributed by atoms with Gasteiger partial charge in [-0.3, -0.25) is 0 Å². The summed E-state index contributed by atoms with van der Waals surface area (Å²) < 4.78 is 15.3. The lowest BCUT2D eigenvalue weighted by molar-refractivity contribution is -0.0843. The lowest BCUT2D eigenvalue weighted by Gasteiger charge is -2.52. The van der Waals surface area contributed by atoms with Gasteiger partial charge in [-0.1, -0.05) is 55.0 Å². The van der Waals surface area contributed by atoms with Crippen LogP contribution in [-0.4, -0.2) is 20.5 Å². The molecule has 1 N–H and O–H groups in total. The van der Waals surface area contributed by atoms with Gasteiger partial charge in [0.15, 0.2) is 0 Å². The molecule has 2 aliphatic carbocycles. The highest BCUT2D eigenvalue weighted by atomic mass is 19.1. The first kappa shape index (κ1) is 21.3. The Bertz CT molecular complexity index is 1400. The third kappa shape index (κ3) is 3.32. The zero-order chi connectivity index (χ0) is 23.3. The summed E-state index contributed by atoms with van der Waals surface area (Å²) in [6.07, 6.45) is 9.27. The minimum Gasteiger partial charge on any atom is -0.389 e. The Hall–Kier alpha value is -3.24. The fourth-order valence-corrected chi connectivity index (χ4v) is 6.20. The predicted octanol–water partition coefficient (Wildman–Crippen LogP) is 6.66. The Morgan fingerprint density at radius 3 is 2.68 bits per heavy atom. The lowest BCUT2D eigenvalue weighted by Crippen LogP contribution is -2.52. The number of fused-ring (bicyclic) bond motifs is 3. The summed E-state index contributed by atoms with van der Waals surface area (Å²) >= 11 is 0. The molecule has 0 saturated heterocycles. The van der Waals surface area contributed by atoms with E-state index in [1.807, 2.05) is 10.9 Å². The van der Waals surface area contributed by atoms with Crippen LogP contribution >= 0.6 is 0 Å². The van der Waals surface area contributed by atoms with Crippen molar-refractivity contribution in [3.63, 3.8) is 0 Å². The molecule has 0 aliphatic heterocycles. The summed E-state index contributed by atoms with van der Waals surface area (Å²) in [5.41, 5.74) is 4.55. The fraction of sp³-hybridized carbons (Fsp3) is 0.300. The van der Waals surface area contributed by atoms with Crippen LogP contribution in [0.25, 0.3) is 22.5 Å². The summed E-state index contributed by atoms with van der Waals surface area (Å²) in [4.78, 5) is 0. The van der Waals surface area contributed by atoms with Gasteiger partial charge in [0.25, 0.3) is 0 Å². The summed E-state index contributed by atoms with van der Waals surface area (Å²) in [6.45, 7) is 2.24. The predicted molar refractivity (Wildman–Crippen MR) is 134 cm³/mol. The number of aliphatic hydroxyl groups is 1. The van der Waals surface area contributed by atoms with E-state index in [9.17, 15) is 9.50 Å². The van der Waals surface area contributed by atoms with E-state index in [-0.39, 0.29) is 11.2 Å². The molecule has 0 radical (unpaired) electrons. The van der Waals surface area contributed by atoms with E-state index in [2.05, 4.69) is 60.6 Å². The van der Waals surface area contributed by atoms with Crippen molar-refractivity contribution in [1.29, 1.82) is 0 Å². The minimum atomic E-state index is -0.774. The highest BCUT2D eigenvalue weighted by molar-refractivity contribution is 5.85. The lowest BCUT2D eigenvalue weighted by atomic mass is 9.56. The highest BCUT2D eigenvalue weighted by Gasteiger charge is 2.52. The minimum absolute atomic E-state index is 0.251. The second-order valence-corrected chi connectivity index (χ2v) is 10.1. The second-order valence-electron chi connectivity index (χ2n) is 10.1. The molecule has 1 saturated carbocycles. The average Bonchev–Trinajstić information content (AvgIpc) is 3.25. The molecular weight excluding hydrogens is 423 g/mol. The van der Waals surface area contributed by atoms with E-state index in [0.29, 0.717) is 0 Å². The number of aryl methyl sites for hydroxylation is 1. The number of nitrogens with zero attached hydrogens (tertiary/aromatic N) is 2. The molecule has 2 aliphatic rings. The van der Waals surface area contributed by atoms with Crippen LogP contribution in [0.1, 0.15) is 49.4 Å². The van der Waals surface area contributed by atoms with Crippen molar-refractivity contribution in [3.05, 3.63) is 101 Å². The van der Waals surface area contributed by atoms with Crippen LogP contribution in [-0.2, 0) is 12.8 Å². The van der Waals surface area contributed by atoms with Gasteiger partial charge in [-0.2, -0.15) is 5.10 Å². The third-order valence-electron chi connectivity index (χ3n) is 8.27. The third-order valence-corrected chi connectivity index (χ3v) is 8.27. The van der Waals surface area contributed by atoms with Crippen molar-refractivity contribution in [2.75, 3.05) is 0 Å². The van der Waals surface area contributed by atoms with Gasteiger partial charge in [-0.25, -0.2) is 9.07 Å². The molecule has 2 atom stereocenters. The Morgan fingerprint density at radius 2 is 1.82 bits per heavy atom. The van der Waals surface area contributed by atoms with E-state index < -0.39 is 5.60 Å². The van der Waals surface area contributed by atoms with Crippen LogP contribution in [0, 0.1) is 11.2 Å². The maximum Gasteiger partial charge on any atom is 0.123 e. The molecule has 3 nitrogen and oxygen atoms in total. The Balaban J connectivity index is 1.33. The smallest absolute Gasteiger partial charge is 0.123 e. The van der Waals surface area contributed by atoms with Gasteiger partial charge in [0.05, 0.1) is 23.2 Å². The number of aromatic nitrogens is 2. The topological polar surface area (TPSA) is 38.0 Å². The molecule has 34 heavy (non-hydrogen) atoms. The van der Waals surface area contributed by atoms with Gasteiger partial charge in [0, 0.05) is 5.41 Å². The van der Waals surface area contributed by atoms with Crippen molar-refractivity contribution >= 4 is 16.8 Å². The molecule has 1 heterocycles. The molecule has 0 unspecified atom stereocenters. The average molecular weight is 453 g/mol. The van der Waals surface area contributed by atoms with Gasteiger partial charge < -0.3 is 5.11 Å². The van der Waals surface area contributed by atoms with Gasteiger partial charge >= 0.3 is 0 Å². The molecule has 0 amide bonds. The van der Waals surface area contributed by atoms with Crippen molar-refractivity contribution in [2.24, 2.45) is 5.41 Å². The van der Waals surface area contributed by atoms with Crippen LogP contribution in [0.4, 0.5) is 4.39 Å². The number of benzene rings is 3. The fourth-order valence-electron chi connectivity index (χ4n) is 6.20. The normalized spacial score (nSPS) is 23.9. The molecule has 4 aromatic rings. The molecule has 1 aromatic heterocycles. The second kappa shape index (κ2) is 7.92. The molecule has 0 bridgehead atoms. The number of hydrogen-bond donors (Lipinski definition) is 1. The quantitative estimate of drug-likeness (QED) is 0.376. The van der Waals surface area contributed by atoms with Crippen LogP contribution < -0.4 is 0 Å². The van der Waals surface area contributed by atoms with Crippen LogP contribution in [0.5, 0.6) is 0 Å². The molecule has 3 aromatic carbocycles. The molecule has 4 heteroatoms. The maximum atomic E-state index is 13.4. The largest absolute Gasteiger partial charge is 0.389 e. The number of rotatable bonds is 4. The Kier molecular flexibility index (Phi) is 4.96. The Morgan fingerprint density at radius 1 is 1.03 bits per heavy atom. The van der Waals surface area contributed by atoms with Crippen molar-refractivity contribution in [2.45, 2.75) is 51.0 Å². The monoisotopic (exact) mass is 452 g/mol. The number of hydrogen-bond acceptors (Lipinski definition) is 2. The van der Waals surface area contributed by atoms with E-state index >= 15 is 0 Å². The SMILES string of the molecule is C[C@]12Cc3cnn(-c4ccc(F)cc4)c3C=C1CCC[C@@]2(O)CCc1cccc2ccccc12. The zero-order valence-electron chi connectivity index (χ0n) is 19.5. The van der Waals surface area contributed by atoms with Crippen LogP contribution in [0.3, 0.4) is 0 Å². The summed E-state index contributed by atoms with van der Waals surface area (Å²) in [5.74, 6) is -0.251. The summed E-state index contributed by atoms with van der Waals surface area (Å²) in [6, 6.07) is 21.4. The van der Waals surface area contributed by atoms with Gasteiger partial charge in [0.2, 0.25) is 0 Å². The first-order chi connectivity index (χ1) is 16.5. The molecule has 1 fully saturated rings. The molecule has 0 spiro atoms. The summed E-state index contributed by atoms with van der Waals surface area (Å²) in [5, 5.41) is 19.3. The zero-order valence-corrected chi connectivity index (χ0v) is 19.5. The Labute approximate surface area is 199 Å². The standard InChI is InChI=1S/C30H29FN2O/c1-29-19-23-20-32-33(26-13-11-25(31)12-14-26)28(23)18-24(29)9-5-16-30(29,34)17-15-22-8-4-7-21-6-2-3-10-27(21)22/h2-4,6-8,10-14,18,20,34H,5,9,15-17,19H2,1H3/t29-,30+/m0/s1. The van der Waals surface area contributed by atoms with Crippen LogP contribution in [0.15, 0.2) is 78.5 Å². The first-order valence-electron chi connectivity index (χ1n) is 12.2. The van der Waals surface area contributed by atoms with Gasteiger partial charge in [-0.15, -0.1) is 0 Å². The number of halogens is 1. The van der Waals surface area contributed by atoms with E-state index in [1.54, 1.807) is 12.1 Å². The van der Waals surface area contributed by atoms with Gasteiger partial charge in [0.1, 0.15) is 5.82 Å². The van der Waals surface area contributed by atoms with E-state index in [1.165, 1.54) is 34.0 Å².